The minimum Gasteiger partial charge on any atom is -0.496 e. The number of esters is 1. The number of thiazole rings is 1. The summed E-state index contributed by atoms with van der Waals surface area (Å²) in [6, 6.07) is 5.17. The third-order valence-electron chi connectivity index (χ3n) is 7.03. The normalized spacial score (nSPS) is 21.9. The van der Waals surface area contributed by atoms with Crippen molar-refractivity contribution in [3.05, 3.63) is 45.9 Å². The van der Waals surface area contributed by atoms with E-state index in [4.69, 9.17) is 14.2 Å². The average molecular weight is 559 g/mol. The number of aromatic nitrogens is 1. The third kappa shape index (κ3) is 6.83. The zero-order valence-corrected chi connectivity index (χ0v) is 26.1. The summed E-state index contributed by atoms with van der Waals surface area (Å²) in [6.07, 6.45) is 2.65. The summed E-state index contributed by atoms with van der Waals surface area (Å²) >= 11 is 1.49. The van der Waals surface area contributed by atoms with Crippen molar-refractivity contribution in [2.24, 2.45) is 11.8 Å². The minimum absolute atomic E-state index is 0.123. The van der Waals surface area contributed by atoms with Gasteiger partial charge in [-0.05, 0) is 69.6 Å². The highest BCUT2D eigenvalue weighted by molar-refractivity contribution is 7.09. The van der Waals surface area contributed by atoms with Gasteiger partial charge in [0.2, 0.25) is 0 Å². The van der Waals surface area contributed by atoms with Gasteiger partial charge in [-0.25, -0.2) is 9.78 Å². The van der Waals surface area contributed by atoms with Gasteiger partial charge in [-0.1, -0.05) is 40.7 Å². The molecule has 2 aromatic rings. The van der Waals surface area contributed by atoms with Crippen LogP contribution in [0.1, 0.15) is 102 Å². The van der Waals surface area contributed by atoms with Crippen LogP contribution in [0.25, 0.3) is 0 Å². The van der Waals surface area contributed by atoms with Crippen molar-refractivity contribution >= 4 is 23.2 Å². The molecule has 1 amide bonds. The maximum atomic E-state index is 14.7. The molecule has 1 aromatic heterocycles. The van der Waals surface area contributed by atoms with E-state index in [1.54, 1.807) is 24.3 Å². The Morgan fingerprint density at radius 2 is 1.87 bits per heavy atom. The van der Waals surface area contributed by atoms with Gasteiger partial charge >= 0.3 is 5.97 Å². The van der Waals surface area contributed by atoms with E-state index in [0.29, 0.717) is 37.4 Å². The number of carbonyl (C=O) groups excluding carboxylic acids is 2. The van der Waals surface area contributed by atoms with E-state index >= 15 is 0 Å². The zero-order valence-electron chi connectivity index (χ0n) is 25.3. The molecule has 0 unspecified atom stereocenters. The fraction of sp³-hybridized carbons (Fsp3) is 0.645. The number of rotatable bonds is 9. The summed E-state index contributed by atoms with van der Waals surface area (Å²) in [5.41, 5.74) is -0.566. The summed E-state index contributed by atoms with van der Waals surface area (Å²) in [7, 11) is 1.62. The first-order valence-corrected chi connectivity index (χ1v) is 14.7. The SMILES string of the molecule is CCOC[C@@H]1C[C@@](CC(C)C)(C(=O)OC(C)(C)C)N(C(=O)c2ccc(C(C)(C)C)c(OC)c2)[C@H]1c1nccs1. The third-order valence-corrected chi connectivity index (χ3v) is 7.87. The van der Waals surface area contributed by atoms with Gasteiger partial charge in [0.05, 0.1) is 19.8 Å². The largest absolute Gasteiger partial charge is 0.496 e. The van der Waals surface area contributed by atoms with Crippen molar-refractivity contribution in [1.82, 2.24) is 9.88 Å². The van der Waals surface area contributed by atoms with Crippen LogP contribution in [0.3, 0.4) is 0 Å². The Kier molecular flexibility index (Phi) is 9.54. The molecule has 7 nitrogen and oxygen atoms in total. The molecular weight excluding hydrogens is 512 g/mol. The highest BCUT2D eigenvalue weighted by atomic mass is 32.1. The fourth-order valence-corrected chi connectivity index (χ4v) is 6.45. The van der Waals surface area contributed by atoms with Gasteiger partial charge in [-0.15, -0.1) is 11.3 Å². The molecule has 3 atom stereocenters. The number of ether oxygens (including phenoxy) is 3. The molecule has 0 bridgehead atoms. The smallest absolute Gasteiger partial charge is 0.332 e. The van der Waals surface area contributed by atoms with Crippen LogP contribution in [0.4, 0.5) is 0 Å². The first-order valence-electron chi connectivity index (χ1n) is 13.9. The molecule has 0 N–H and O–H groups in total. The number of hydrogen-bond donors (Lipinski definition) is 0. The summed E-state index contributed by atoms with van der Waals surface area (Å²) < 4.78 is 17.7. The number of likely N-dealkylation sites (tertiary alicyclic amines) is 1. The average Bonchev–Trinajstić information content (AvgIpc) is 3.46. The van der Waals surface area contributed by atoms with Crippen LogP contribution in [0.15, 0.2) is 29.8 Å². The van der Waals surface area contributed by atoms with Crippen molar-refractivity contribution in [3.63, 3.8) is 0 Å². The van der Waals surface area contributed by atoms with Crippen molar-refractivity contribution < 1.29 is 23.8 Å². The van der Waals surface area contributed by atoms with Crippen LogP contribution in [0.5, 0.6) is 5.75 Å². The van der Waals surface area contributed by atoms with E-state index in [0.717, 1.165) is 10.6 Å². The number of hydrogen-bond acceptors (Lipinski definition) is 7. The quantitative estimate of drug-likeness (QED) is 0.315. The van der Waals surface area contributed by atoms with E-state index < -0.39 is 17.2 Å². The molecule has 1 fully saturated rings. The Hall–Kier alpha value is -2.45. The highest BCUT2D eigenvalue weighted by Gasteiger charge is 2.60. The van der Waals surface area contributed by atoms with Crippen molar-refractivity contribution in [2.75, 3.05) is 20.3 Å². The summed E-state index contributed by atoms with van der Waals surface area (Å²) in [5, 5.41) is 2.70. The Balaban J connectivity index is 2.25. The Bertz CT molecular complexity index is 1130. The highest BCUT2D eigenvalue weighted by Crippen LogP contribution is 2.52. The van der Waals surface area contributed by atoms with E-state index in [2.05, 4.69) is 39.6 Å². The lowest BCUT2D eigenvalue weighted by Gasteiger charge is -2.41. The molecule has 0 aliphatic carbocycles. The molecule has 1 aliphatic heterocycles. The van der Waals surface area contributed by atoms with Gasteiger partial charge in [-0.3, -0.25) is 4.79 Å². The second kappa shape index (κ2) is 12.0. The van der Waals surface area contributed by atoms with E-state index in [1.807, 2.05) is 45.2 Å². The molecular formula is C31H46N2O5S. The number of methoxy groups -OCH3 is 1. The van der Waals surface area contributed by atoms with E-state index in [9.17, 15) is 9.59 Å². The molecule has 0 saturated carbocycles. The van der Waals surface area contributed by atoms with E-state index in [1.165, 1.54) is 11.3 Å². The molecule has 2 heterocycles. The maximum absolute atomic E-state index is 14.7. The van der Waals surface area contributed by atoms with Crippen LogP contribution in [0, 0.1) is 11.8 Å². The predicted molar refractivity (Wildman–Crippen MR) is 155 cm³/mol. The maximum Gasteiger partial charge on any atom is 0.332 e. The van der Waals surface area contributed by atoms with Gasteiger partial charge < -0.3 is 19.1 Å². The zero-order chi connectivity index (χ0) is 29.2. The molecule has 3 rings (SSSR count). The summed E-state index contributed by atoms with van der Waals surface area (Å²) in [4.78, 5) is 35.3. The molecule has 1 saturated heterocycles. The molecule has 216 valence electrons. The minimum atomic E-state index is -1.17. The van der Waals surface area contributed by atoms with E-state index in [-0.39, 0.29) is 29.1 Å². The molecule has 0 spiro atoms. The number of carbonyl (C=O) groups is 2. The number of amides is 1. The van der Waals surface area contributed by atoms with Crippen LogP contribution in [-0.2, 0) is 19.7 Å². The second-order valence-corrected chi connectivity index (χ2v) is 13.8. The van der Waals surface area contributed by atoms with Gasteiger partial charge in [0.25, 0.3) is 5.91 Å². The molecule has 0 radical (unpaired) electrons. The van der Waals surface area contributed by atoms with Crippen molar-refractivity contribution in [2.45, 2.75) is 97.8 Å². The lowest BCUT2D eigenvalue weighted by atomic mass is 9.83. The molecule has 1 aliphatic rings. The summed E-state index contributed by atoms with van der Waals surface area (Å²) in [6.45, 7) is 19.0. The number of benzene rings is 1. The van der Waals surface area contributed by atoms with Gasteiger partial charge in [-0.2, -0.15) is 0 Å². The fourth-order valence-electron chi connectivity index (χ4n) is 5.63. The molecule has 39 heavy (non-hydrogen) atoms. The van der Waals surface area contributed by atoms with Crippen LogP contribution in [0.2, 0.25) is 0 Å². The van der Waals surface area contributed by atoms with Crippen molar-refractivity contribution in [3.8, 4) is 5.75 Å². The van der Waals surface area contributed by atoms with Crippen molar-refractivity contribution in [1.29, 1.82) is 0 Å². The topological polar surface area (TPSA) is 78.0 Å². The first-order chi connectivity index (χ1) is 18.1. The second-order valence-electron chi connectivity index (χ2n) is 12.9. The Morgan fingerprint density at radius 1 is 1.18 bits per heavy atom. The lowest BCUT2D eigenvalue weighted by Crippen LogP contribution is -2.56. The van der Waals surface area contributed by atoms with Gasteiger partial charge in [0, 0.05) is 29.7 Å². The molecule has 8 heteroatoms. The van der Waals surface area contributed by atoms with Crippen LogP contribution in [-0.4, -0.2) is 53.2 Å². The predicted octanol–water partition coefficient (Wildman–Crippen LogP) is 6.82. The summed E-state index contributed by atoms with van der Waals surface area (Å²) in [5.74, 6) is 0.0433. The van der Waals surface area contributed by atoms with Gasteiger partial charge in [0.15, 0.2) is 0 Å². The van der Waals surface area contributed by atoms with Crippen LogP contribution < -0.4 is 4.74 Å². The standard InChI is InChI=1S/C31H46N2O5S/c1-11-37-19-22-18-31(17-20(2)3,28(35)38-30(7,8)9)33(25(22)26-32-14-15-39-26)27(34)21-12-13-23(29(4,5)6)24(16-21)36-10/h12-16,20,22,25H,11,17-19H2,1-10H3/t22-,25+,31-/m0/s1. The monoisotopic (exact) mass is 558 g/mol. The first kappa shape index (κ1) is 31.1. The van der Waals surface area contributed by atoms with Gasteiger partial charge in [0.1, 0.15) is 21.9 Å². The molecule has 1 aromatic carbocycles. The van der Waals surface area contributed by atoms with Crippen LogP contribution >= 0.6 is 11.3 Å². The Labute approximate surface area is 238 Å². The lowest BCUT2D eigenvalue weighted by molar-refractivity contribution is -0.168. The number of nitrogens with zero attached hydrogens (tertiary/aromatic N) is 2. The Morgan fingerprint density at radius 3 is 2.38 bits per heavy atom.